The summed E-state index contributed by atoms with van der Waals surface area (Å²) in [6.07, 6.45) is 1.83. The highest BCUT2D eigenvalue weighted by Gasteiger charge is 2.24. The van der Waals surface area contributed by atoms with Gasteiger partial charge in [0.2, 0.25) is 10.0 Å². The molecule has 0 aromatic heterocycles. The maximum Gasteiger partial charge on any atom is 0.276 e. The van der Waals surface area contributed by atoms with Crippen LogP contribution in [0.25, 0.3) is 0 Å². The van der Waals surface area contributed by atoms with Gasteiger partial charge in [0.15, 0.2) is 17.7 Å². The highest BCUT2D eigenvalue weighted by molar-refractivity contribution is 8.08. The molecule has 0 saturated heterocycles. The van der Waals surface area contributed by atoms with Gasteiger partial charge in [0.25, 0.3) is 5.12 Å². The molecule has 140 valence electrons. The minimum Gasteiger partial charge on any atom is -0.454 e. The van der Waals surface area contributed by atoms with E-state index in [1.807, 2.05) is 13.0 Å². The number of anilines is 1. The Balaban J connectivity index is 2.60. The van der Waals surface area contributed by atoms with Crippen molar-refractivity contribution in [1.29, 1.82) is 0 Å². The third-order valence-corrected chi connectivity index (χ3v) is 4.95. The maximum atomic E-state index is 12.1. The van der Waals surface area contributed by atoms with Crippen LogP contribution in [0.2, 0.25) is 0 Å². The number of carbonyl (C=O) groups is 1. The molecule has 0 aliphatic carbocycles. The quantitative estimate of drug-likeness (QED) is 0.464. The van der Waals surface area contributed by atoms with Gasteiger partial charge in [0.05, 0.1) is 5.69 Å². The van der Waals surface area contributed by atoms with Gasteiger partial charge in [-0.3, -0.25) is 9.93 Å². The summed E-state index contributed by atoms with van der Waals surface area (Å²) in [5.41, 5.74) is 0.583. The predicted octanol–water partition coefficient (Wildman–Crippen LogP) is 2.37. The average Bonchev–Trinajstić information content (AvgIpc) is 2.62. The first-order valence-electron chi connectivity index (χ1n) is 8.00. The lowest BCUT2D eigenvalue weighted by atomic mass is 10.2. The summed E-state index contributed by atoms with van der Waals surface area (Å²) in [5.74, 6) is 0.530. The molecule has 6 N–H and O–H groups in total. The number of sulfonamides is 1. The third kappa shape index (κ3) is 5.21. The Kier molecular flexibility index (Phi) is 7.04. The predicted molar refractivity (Wildman–Crippen MR) is 103 cm³/mol. The summed E-state index contributed by atoms with van der Waals surface area (Å²) in [5, 5.41) is 11.6. The summed E-state index contributed by atoms with van der Waals surface area (Å²) >= 11 is 0.751. The van der Waals surface area contributed by atoms with E-state index in [0.29, 0.717) is 18.0 Å². The lowest BCUT2D eigenvalue weighted by Gasteiger charge is -2.17. The van der Waals surface area contributed by atoms with Crippen molar-refractivity contribution in [1.82, 2.24) is 0 Å². The van der Waals surface area contributed by atoms with Gasteiger partial charge >= 0.3 is 0 Å². The van der Waals surface area contributed by atoms with Gasteiger partial charge in [-0.1, -0.05) is 31.5 Å². The molecule has 0 saturated carbocycles. The SMILES string of the molecule is CCCCNc1cc(C(=O)S[NH3+])cc(S(N)(=O)=O)c1Oc1ccccc1. The van der Waals surface area contributed by atoms with Gasteiger partial charge in [-0.25, -0.2) is 13.6 Å². The lowest BCUT2D eigenvalue weighted by molar-refractivity contribution is -0.135. The van der Waals surface area contributed by atoms with Crippen molar-refractivity contribution >= 4 is 32.8 Å². The molecular formula is C17H22N3O4S2+. The van der Waals surface area contributed by atoms with Crippen LogP contribution in [0.4, 0.5) is 5.69 Å². The van der Waals surface area contributed by atoms with Crippen LogP contribution in [0, 0.1) is 0 Å². The molecular weight excluding hydrogens is 374 g/mol. The molecule has 0 unspecified atom stereocenters. The van der Waals surface area contributed by atoms with E-state index in [1.165, 1.54) is 6.07 Å². The van der Waals surface area contributed by atoms with Gasteiger partial charge in [0.1, 0.15) is 10.6 Å². The topological polar surface area (TPSA) is 126 Å². The lowest BCUT2D eigenvalue weighted by Crippen LogP contribution is -2.38. The number of hydrogen-bond donors (Lipinski definition) is 3. The second kappa shape index (κ2) is 9.04. The molecule has 26 heavy (non-hydrogen) atoms. The van der Waals surface area contributed by atoms with Crippen LogP contribution in [0.15, 0.2) is 47.4 Å². The highest BCUT2D eigenvalue weighted by atomic mass is 32.2. The normalized spacial score (nSPS) is 11.2. The maximum absolute atomic E-state index is 12.1. The van der Waals surface area contributed by atoms with Crippen molar-refractivity contribution in [2.75, 3.05) is 11.9 Å². The molecule has 2 rings (SSSR count). The highest BCUT2D eigenvalue weighted by Crippen LogP contribution is 2.37. The fraction of sp³-hybridized carbons (Fsp3) is 0.235. The van der Waals surface area contributed by atoms with Crippen molar-refractivity contribution in [2.24, 2.45) is 5.14 Å². The van der Waals surface area contributed by atoms with E-state index < -0.39 is 10.0 Å². The zero-order valence-electron chi connectivity index (χ0n) is 14.4. The fourth-order valence-corrected chi connectivity index (χ4v) is 3.24. The summed E-state index contributed by atoms with van der Waals surface area (Å²) in [6, 6.07) is 11.5. The summed E-state index contributed by atoms with van der Waals surface area (Å²) in [6.45, 7) is 2.64. The number of carbonyl (C=O) groups excluding carboxylic acids is 1. The monoisotopic (exact) mass is 396 g/mol. The van der Waals surface area contributed by atoms with Crippen LogP contribution >= 0.6 is 11.9 Å². The van der Waals surface area contributed by atoms with Crippen molar-refractivity contribution in [3.8, 4) is 11.5 Å². The van der Waals surface area contributed by atoms with Crippen molar-refractivity contribution < 1.29 is 23.1 Å². The standard InChI is InChI=1S/C17H21N3O4S2/c1-2-3-9-20-14-10-12(17(21)25-18)11-15(26(19,22)23)16(14)24-13-7-5-4-6-8-13/h4-8,10-11,20H,2-3,9,18H2,1H3,(H2,19,22,23)/p+1. The van der Waals surface area contributed by atoms with E-state index in [4.69, 9.17) is 9.88 Å². The van der Waals surface area contributed by atoms with Gasteiger partial charge in [-0.2, -0.15) is 0 Å². The van der Waals surface area contributed by atoms with Crippen molar-refractivity contribution in [2.45, 2.75) is 24.7 Å². The molecule has 9 heteroatoms. The number of para-hydroxylation sites is 1. The number of unbranched alkanes of at least 4 members (excludes halogenated alkanes) is 1. The first kappa shape index (κ1) is 20.2. The molecule has 0 atom stereocenters. The number of nitrogens with one attached hydrogen (secondary N) is 1. The smallest absolute Gasteiger partial charge is 0.276 e. The molecule has 0 fully saturated rings. The van der Waals surface area contributed by atoms with Crippen LogP contribution < -0.4 is 20.3 Å². The fourth-order valence-electron chi connectivity index (χ4n) is 2.26. The number of rotatable bonds is 8. The van der Waals surface area contributed by atoms with Crippen LogP contribution in [-0.4, -0.2) is 20.1 Å². The van der Waals surface area contributed by atoms with E-state index in [2.05, 4.69) is 10.5 Å². The van der Waals surface area contributed by atoms with Crippen LogP contribution in [0.1, 0.15) is 30.1 Å². The van der Waals surface area contributed by atoms with Gasteiger partial charge in [-0.15, -0.1) is 0 Å². The summed E-state index contributed by atoms with van der Waals surface area (Å²) in [7, 11) is -4.12. The summed E-state index contributed by atoms with van der Waals surface area (Å²) in [4.78, 5) is 11.8. The Hall–Kier alpha value is -2.07. The molecule has 0 bridgehead atoms. The molecule has 0 spiro atoms. The number of quaternary nitrogens is 1. The second-order valence-electron chi connectivity index (χ2n) is 5.52. The van der Waals surface area contributed by atoms with E-state index in [0.717, 1.165) is 24.8 Å². The van der Waals surface area contributed by atoms with Crippen LogP contribution in [0.5, 0.6) is 11.5 Å². The van der Waals surface area contributed by atoms with Gasteiger partial charge in [-0.05, 0) is 30.7 Å². The molecule has 0 radical (unpaired) electrons. The van der Waals surface area contributed by atoms with E-state index in [-0.39, 0.29) is 21.3 Å². The van der Waals surface area contributed by atoms with E-state index in [9.17, 15) is 13.2 Å². The first-order valence-corrected chi connectivity index (χ1v) is 10.5. The Morgan fingerprint density at radius 2 is 1.96 bits per heavy atom. The van der Waals surface area contributed by atoms with Crippen molar-refractivity contribution in [3.63, 3.8) is 0 Å². The Morgan fingerprint density at radius 3 is 2.54 bits per heavy atom. The second-order valence-corrected chi connectivity index (χ2v) is 7.71. The molecule has 2 aromatic carbocycles. The molecule has 0 amide bonds. The Labute approximate surface area is 157 Å². The molecule has 0 aliphatic heterocycles. The number of nitrogens with two attached hydrogens (primary N) is 1. The van der Waals surface area contributed by atoms with Gasteiger partial charge < -0.3 is 10.1 Å². The van der Waals surface area contributed by atoms with Crippen molar-refractivity contribution in [3.05, 3.63) is 48.0 Å². The zero-order valence-corrected chi connectivity index (χ0v) is 16.0. The average molecular weight is 397 g/mol. The third-order valence-electron chi connectivity index (χ3n) is 3.54. The van der Waals surface area contributed by atoms with Gasteiger partial charge in [0, 0.05) is 12.1 Å². The van der Waals surface area contributed by atoms with Crippen LogP contribution in [0.3, 0.4) is 0 Å². The van der Waals surface area contributed by atoms with Crippen LogP contribution in [-0.2, 0) is 10.0 Å². The first-order chi connectivity index (χ1) is 12.4. The zero-order chi connectivity index (χ0) is 19.2. The molecule has 2 aromatic rings. The summed E-state index contributed by atoms with van der Waals surface area (Å²) < 4.78 is 30.1. The number of primary sulfonamides is 1. The largest absolute Gasteiger partial charge is 0.454 e. The Morgan fingerprint density at radius 1 is 1.27 bits per heavy atom. The Bertz CT molecular complexity index is 871. The number of benzene rings is 2. The van der Waals surface area contributed by atoms with E-state index in [1.54, 1.807) is 30.3 Å². The molecule has 0 aliphatic rings. The number of ether oxygens (including phenoxy) is 1. The molecule has 7 nitrogen and oxygen atoms in total. The number of hydrogen-bond acceptors (Lipinski definition) is 6. The van der Waals surface area contributed by atoms with E-state index >= 15 is 0 Å². The minimum absolute atomic E-state index is 0.0698. The molecule has 0 heterocycles. The minimum atomic E-state index is -4.12.